The topological polar surface area (TPSA) is 81.3 Å². The molecule has 0 spiro atoms. The van der Waals surface area contributed by atoms with Crippen LogP contribution in [0.2, 0.25) is 0 Å². The molecule has 7 heteroatoms. The second-order valence-corrected chi connectivity index (χ2v) is 6.89. The van der Waals surface area contributed by atoms with Crippen LogP contribution in [0.4, 0.5) is 0 Å². The molecule has 2 heterocycles. The van der Waals surface area contributed by atoms with Gasteiger partial charge in [0.25, 0.3) is 0 Å². The molecule has 0 bridgehead atoms. The fraction of sp³-hybridized carbons (Fsp3) is 0.722. The van der Waals surface area contributed by atoms with Gasteiger partial charge in [0.2, 0.25) is 11.8 Å². The van der Waals surface area contributed by atoms with Gasteiger partial charge in [0.15, 0.2) is 0 Å². The van der Waals surface area contributed by atoms with E-state index in [1.807, 2.05) is 44.5 Å². The van der Waals surface area contributed by atoms with E-state index in [-0.39, 0.29) is 23.9 Å². The first-order valence-electron chi connectivity index (χ1n) is 9.16. The Bertz CT molecular complexity index is 609. The highest BCUT2D eigenvalue weighted by atomic mass is 16.2. The van der Waals surface area contributed by atoms with Crippen molar-refractivity contribution >= 4 is 11.8 Å². The van der Waals surface area contributed by atoms with Crippen molar-refractivity contribution in [1.82, 2.24) is 25.3 Å². The Balaban J connectivity index is 1.84. The minimum Gasteiger partial charge on any atom is -0.352 e. The van der Waals surface area contributed by atoms with E-state index in [4.69, 9.17) is 0 Å². The number of hydrogen-bond donors (Lipinski definition) is 2. The number of carbonyl (C=O) groups excluding carboxylic acids is 2. The van der Waals surface area contributed by atoms with Gasteiger partial charge in [-0.25, -0.2) is 0 Å². The number of aromatic amines is 1. The van der Waals surface area contributed by atoms with E-state index < -0.39 is 0 Å². The van der Waals surface area contributed by atoms with Crippen LogP contribution in [0.15, 0.2) is 0 Å². The summed E-state index contributed by atoms with van der Waals surface area (Å²) in [5.41, 5.74) is 3.12. The summed E-state index contributed by atoms with van der Waals surface area (Å²) >= 11 is 0. The molecule has 2 N–H and O–H groups in total. The monoisotopic (exact) mass is 349 g/mol. The first-order chi connectivity index (χ1) is 11.9. The second kappa shape index (κ2) is 8.47. The lowest BCUT2D eigenvalue weighted by Crippen LogP contribution is -2.44. The molecule has 140 valence electrons. The van der Waals surface area contributed by atoms with Crippen molar-refractivity contribution in [2.24, 2.45) is 0 Å². The van der Waals surface area contributed by atoms with Crippen molar-refractivity contribution in [3.8, 4) is 0 Å². The molecule has 1 aromatic heterocycles. The second-order valence-electron chi connectivity index (χ2n) is 6.89. The standard InChI is InChI=1S/C18H31N5O2/c1-6-23(7-2)18(25)16-10-14(11-22(16)5)19-17(24)9-8-15-12(3)13(4)20-21-15/h14,16H,6-11H2,1-5H3,(H,19,24)(H,20,21)/t14-,16+/m1/s1. The molecule has 0 unspecified atom stereocenters. The minimum atomic E-state index is -0.138. The van der Waals surface area contributed by atoms with Gasteiger partial charge in [0.05, 0.1) is 11.7 Å². The van der Waals surface area contributed by atoms with Crippen LogP contribution < -0.4 is 5.32 Å². The fourth-order valence-corrected chi connectivity index (χ4v) is 3.45. The Kier molecular flexibility index (Phi) is 6.58. The summed E-state index contributed by atoms with van der Waals surface area (Å²) < 4.78 is 0. The number of aromatic nitrogens is 2. The fourth-order valence-electron chi connectivity index (χ4n) is 3.45. The molecule has 1 fully saturated rings. The molecule has 0 aromatic carbocycles. The van der Waals surface area contributed by atoms with Gasteiger partial charge in [-0.3, -0.25) is 19.6 Å². The summed E-state index contributed by atoms with van der Waals surface area (Å²) in [7, 11) is 1.95. The van der Waals surface area contributed by atoms with E-state index in [0.29, 0.717) is 25.8 Å². The summed E-state index contributed by atoms with van der Waals surface area (Å²) in [6.45, 7) is 10.1. The van der Waals surface area contributed by atoms with Crippen molar-refractivity contribution in [2.45, 2.75) is 59.0 Å². The van der Waals surface area contributed by atoms with Gasteiger partial charge in [0.1, 0.15) is 0 Å². The van der Waals surface area contributed by atoms with Crippen LogP contribution >= 0.6 is 0 Å². The maximum atomic E-state index is 12.6. The smallest absolute Gasteiger partial charge is 0.239 e. The van der Waals surface area contributed by atoms with Gasteiger partial charge in [-0.05, 0) is 46.7 Å². The van der Waals surface area contributed by atoms with Gasteiger partial charge in [-0.15, -0.1) is 0 Å². The van der Waals surface area contributed by atoms with Gasteiger partial charge >= 0.3 is 0 Å². The largest absolute Gasteiger partial charge is 0.352 e. The Labute approximate surface area is 150 Å². The van der Waals surface area contributed by atoms with Crippen molar-refractivity contribution in [3.05, 3.63) is 17.0 Å². The molecular weight excluding hydrogens is 318 g/mol. The molecule has 2 atom stereocenters. The van der Waals surface area contributed by atoms with E-state index in [9.17, 15) is 9.59 Å². The quantitative estimate of drug-likeness (QED) is 0.770. The van der Waals surface area contributed by atoms with E-state index in [0.717, 1.165) is 30.0 Å². The van der Waals surface area contributed by atoms with Gasteiger partial charge in [0, 0.05) is 44.2 Å². The Morgan fingerprint density at radius 3 is 2.56 bits per heavy atom. The lowest BCUT2D eigenvalue weighted by molar-refractivity contribution is -0.135. The molecule has 0 saturated carbocycles. The third-order valence-corrected chi connectivity index (χ3v) is 5.22. The third kappa shape index (κ3) is 4.60. The number of rotatable bonds is 7. The normalized spacial score (nSPS) is 20.7. The lowest BCUT2D eigenvalue weighted by Gasteiger charge is -2.26. The van der Waals surface area contributed by atoms with Crippen LogP contribution in [0.3, 0.4) is 0 Å². The average Bonchev–Trinajstić information content (AvgIpc) is 3.09. The van der Waals surface area contributed by atoms with Crippen LogP contribution in [0.25, 0.3) is 0 Å². The molecule has 1 aromatic rings. The van der Waals surface area contributed by atoms with Crippen LogP contribution in [-0.2, 0) is 16.0 Å². The lowest BCUT2D eigenvalue weighted by atomic mass is 10.1. The first-order valence-corrected chi connectivity index (χ1v) is 9.16. The Morgan fingerprint density at radius 2 is 2.00 bits per heavy atom. The highest BCUT2D eigenvalue weighted by Gasteiger charge is 2.36. The number of H-pyrrole nitrogens is 1. The summed E-state index contributed by atoms with van der Waals surface area (Å²) in [5.74, 6) is 0.182. The van der Waals surface area contributed by atoms with Crippen LogP contribution in [0.1, 0.15) is 43.6 Å². The number of amides is 2. The molecule has 2 amide bonds. The maximum Gasteiger partial charge on any atom is 0.239 e. The SMILES string of the molecule is CCN(CC)C(=O)[C@@H]1C[C@@H](NC(=O)CCc2n[nH]c(C)c2C)CN1C. The van der Waals surface area contributed by atoms with E-state index in [2.05, 4.69) is 15.5 Å². The average molecular weight is 349 g/mol. The summed E-state index contributed by atoms with van der Waals surface area (Å²) in [6.07, 6.45) is 1.73. The number of carbonyl (C=O) groups is 2. The zero-order chi connectivity index (χ0) is 18.6. The zero-order valence-electron chi connectivity index (χ0n) is 16.1. The zero-order valence-corrected chi connectivity index (χ0v) is 16.1. The highest BCUT2D eigenvalue weighted by Crippen LogP contribution is 2.18. The summed E-state index contributed by atoms with van der Waals surface area (Å²) in [4.78, 5) is 28.7. The van der Waals surface area contributed by atoms with Crippen molar-refractivity contribution in [2.75, 3.05) is 26.7 Å². The predicted octanol–water partition coefficient (Wildman–Crippen LogP) is 1.02. The van der Waals surface area contributed by atoms with Gasteiger partial charge < -0.3 is 10.2 Å². The van der Waals surface area contributed by atoms with Crippen LogP contribution in [-0.4, -0.2) is 70.6 Å². The van der Waals surface area contributed by atoms with Crippen molar-refractivity contribution in [1.29, 1.82) is 0 Å². The maximum absolute atomic E-state index is 12.6. The molecular formula is C18H31N5O2. The molecule has 1 aliphatic heterocycles. The molecule has 0 radical (unpaired) electrons. The Morgan fingerprint density at radius 1 is 1.32 bits per heavy atom. The molecule has 0 aliphatic carbocycles. The summed E-state index contributed by atoms with van der Waals surface area (Å²) in [5, 5.41) is 10.3. The molecule has 7 nitrogen and oxygen atoms in total. The number of aryl methyl sites for hydroxylation is 2. The third-order valence-electron chi connectivity index (χ3n) is 5.22. The van der Waals surface area contributed by atoms with Crippen molar-refractivity contribution < 1.29 is 9.59 Å². The number of likely N-dealkylation sites (N-methyl/N-ethyl adjacent to an activating group) is 2. The van der Waals surface area contributed by atoms with E-state index >= 15 is 0 Å². The van der Waals surface area contributed by atoms with Gasteiger partial charge in [-0.2, -0.15) is 5.10 Å². The number of nitrogens with zero attached hydrogens (tertiary/aromatic N) is 3. The Hall–Kier alpha value is -1.89. The molecule has 25 heavy (non-hydrogen) atoms. The number of hydrogen-bond acceptors (Lipinski definition) is 4. The highest BCUT2D eigenvalue weighted by molar-refractivity contribution is 5.82. The molecule has 2 rings (SSSR count). The van der Waals surface area contributed by atoms with Crippen LogP contribution in [0, 0.1) is 13.8 Å². The number of likely N-dealkylation sites (tertiary alicyclic amines) is 1. The van der Waals surface area contributed by atoms with Crippen molar-refractivity contribution in [3.63, 3.8) is 0 Å². The van der Waals surface area contributed by atoms with E-state index in [1.54, 1.807) is 0 Å². The first kappa shape index (κ1) is 19.4. The summed E-state index contributed by atoms with van der Waals surface area (Å²) in [6, 6.07) is -0.106. The van der Waals surface area contributed by atoms with E-state index in [1.165, 1.54) is 0 Å². The van der Waals surface area contributed by atoms with Gasteiger partial charge in [-0.1, -0.05) is 0 Å². The minimum absolute atomic E-state index is 0.0226. The molecule has 1 aliphatic rings. The number of nitrogens with one attached hydrogen (secondary N) is 2. The molecule has 1 saturated heterocycles. The predicted molar refractivity (Wildman–Crippen MR) is 97.3 cm³/mol. The van der Waals surface area contributed by atoms with Crippen LogP contribution in [0.5, 0.6) is 0 Å².